The summed E-state index contributed by atoms with van der Waals surface area (Å²) in [5, 5.41) is 0.0120. The highest BCUT2D eigenvalue weighted by Gasteiger charge is 2.32. The molecule has 1 aliphatic rings. The fourth-order valence-corrected chi connectivity index (χ4v) is 3.05. The summed E-state index contributed by atoms with van der Waals surface area (Å²) in [7, 11) is -3.70. The second kappa shape index (κ2) is 4.39. The minimum absolute atomic E-state index is 0.0120. The number of ether oxygens (including phenoxy) is 2. The van der Waals surface area contributed by atoms with Gasteiger partial charge in [-0.1, -0.05) is 0 Å². The first kappa shape index (κ1) is 13.7. The van der Waals surface area contributed by atoms with Gasteiger partial charge in [-0.05, 0) is 19.1 Å². The van der Waals surface area contributed by atoms with Crippen LogP contribution < -0.4 is 14.2 Å². The topological polar surface area (TPSA) is 93.3 Å². The molecule has 8 heteroatoms. The van der Waals surface area contributed by atoms with Gasteiger partial charge in [0.05, 0.1) is 11.9 Å². The van der Waals surface area contributed by atoms with Crippen molar-refractivity contribution < 1.29 is 17.9 Å². The molecule has 0 spiro atoms. The molecule has 1 aromatic heterocycles. The molecule has 1 aliphatic heterocycles. The van der Waals surface area contributed by atoms with Gasteiger partial charge in [0.15, 0.2) is 16.5 Å². The van der Waals surface area contributed by atoms with Crippen LogP contribution >= 0.6 is 0 Å². The molecule has 0 fully saturated rings. The van der Waals surface area contributed by atoms with Crippen molar-refractivity contribution in [3.8, 4) is 11.5 Å². The number of rotatable bonds is 3. The zero-order chi connectivity index (χ0) is 15.3. The van der Waals surface area contributed by atoms with Gasteiger partial charge in [-0.3, -0.25) is 4.72 Å². The molecule has 0 saturated carbocycles. The Hall–Kier alpha value is -2.22. The molecule has 0 bridgehead atoms. The maximum Gasteiger partial charge on any atom is 0.278 e. The third-order valence-corrected chi connectivity index (χ3v) is 4.17. The van der Waals surface area contributed by atoms with Crippen LogP contribution in [0, 0.1) is 6.92 Å². The van der Waals surface area contributed by atoms with E-state index in [1.165, 1.54) is 6.20 Å². The summed E-state index contributed by atoms with van der Waals surface area (Å²) < 4.78 is 38.0. The summed E-state index contributed by atoms with van der Waals surface area (Å²) >= 11 is 0. The Balaban J connectivity index is 1.87. The van der Waals surface area contributed by atoms with Gasteiger partial charge < -0.3 is 14.5 Å². The van der Waals surface area contributed by atoms with Crippen molar-refractivity contribution in [3.63, 3.8) is 0 Å². The van der Waals surface area contributed by atoms with Crippen molar-refractivity contribution in [2.45, 2.75) is 31.6 Å². The number of anilines is 1. The summed E-state index contributed by atoms with van der Waals surface area (Å²) in [4.78, 5) is 6.57. The molecular formula is C13H15N3O4S. The Kier molecular flexibility index (Phi) is 2.87. The van der Waals surface area contributed by atoms with E-state index in [0.29, 0.717) is 23.0 Å². The summed E-state index contributed by atoms with van der Waals surface area (Å²) in [6.07, 6.45) is 1.27. The van der Waals surface area contributed by atoms with Gasteiger partial charge >= 0.3 is 0 Å². The molecule has 0 unspecified atom stereocenters. The van der Waals surface area contributed by atoms with Crippen LogP contribution in [0.3, 0.4) is 0 Å². The predicted octanol–water partition coefficient (Wildman–Crippen LogP) is 2.03. The Morgan fingerprint density at radius 1 is 1.24 bits per heavy atom. The molecule has 0 atom stereocenters. The highest BCUT2D eigenvalue weighted by molar-refractivity contribution is 7.92. The number of nitrogens with zero attached hydrogens (tertiary/aromatic N) is 1. The first-order chi connectivity index (χ1) is 9.75. The van der Waals surface area contributed by atoms with Crippen molar-refractivity contribution in [3.05, 3.63) is 30.2 Å². The molecule has 3 rings (SSSR count). The number of nitrogens with one attached hydrogen (secondary N) is 2. The molecular weight excluding hydrogens is 294 g/mol. The summed E-state index contributed by atoms with van der Waals surface area (Å²) in [5.74, 6) is 0.865. The highest BCUT2D eigenvalue weighted by Crippen LogP contribution is 2.40. The number of imidazole rings is 1. The van der Waals surface area contributed by atoms with Crippen LogP contribution in [0.4, 0.5) is 5.69 Å². The quantitative estimate of drug-likeness (QED) is 0.905. The molecule has 0 aliphatic carbocycles. The molecule has 2 heterocycles. The molecule has 0 amide bonds. The van der Waals surface area contributed by atoms with Crippen LogP contribution in [-0.2, 0) is 10.0 Å². The number of hydrogen-bond acceptors (Lipinski definition) is 5. The molecule has 21 heavy (non-hydrogen) atoms. The number of aromatic nitrogens is 2. The van der Waals surface area contributed by atoms with E-state index in [4.69, 9.17) is 9.47 Å². The van der Waals surface area contributed by atoms with Crippen LogP contribution in [0.2, 0.25) is 0 Å². The molecule has 2 aromatic rings. The fraction of sp³-hybridized carbons (Fsp3) is 0.308. The third-order valence-electron chi connectivity index (χ3n) is 2.88. The van der Waals surface area contributed by atoms with Gasteiger partial charge in [-0.25, -0.2) is 4.98 Å². The second-order valence-electron chi connectivity index (χ2n) is 5.20. The predicted molar refractivity (Wildman–Crippen MR) is 75.9 cm³/mol. The number of benzene rings is 1. The van der Waals surface area contributed by atoms with E-state index in [2.05, 4.69) is 14.7 Å². The molecule has 0 saturated heterocycles. The van der Waals surface area contributed by atoms with Gasteiger partial charge in [0.25, 0.3) is 10.0 Å². The Morgan fingerprint density at radius 3 is 2.62 bits per heavy atom. The van der Waals surface area contributed by atoms with Crippen molar-refractivity contribution >= 4 is 15.7 Å². The van der Waals surface area contributed by atoms with E-state index in [-0.39, 0.29) is 5.03 Å². The normalized spacial score (nSPS) is 16.0. The number of hydrogen-bond donors (Lipinski definition) is 2. The number of H-pyrrole nitrogens is 1. The van der Waals surface area contributed by atoms with Gasteiger partial charge in [-0.2, -0.15) is 8.42 Å². The highest BCUT2D eigenvalue weighted by atomic mass is 32.2. The lowest BCUT2D eigenvalue weighted by Crippen LogP contribution is -2.29. The maximum atomic E-state index is 12.2. The zero-order valence-electron chi connectivity index (χ0n) is 11.8. The van der Waals surface area contributed by atoms with Crippen molar-refractivity contribution in [2.24, 2.45) is 0 Å². The molecule has 2 N–H and O–H groups in total. The Labute approximate surface area is 122 Å². The van der Waals surface area contributed by atoms with Crippen molar-refractivity contribution in [1.29, 1.82) is 0 Å². The lowest BCUT2D eigenvalue weighted by molar-refractivity contribution is -0.0431. The van der Waals surface area contributed by atoms with Gasteiger partial charge in [-0.15, -0.1) is 0 Å². The van der Waals surface area contributed by atoms with Crippen LogP contribution in [-0.4, -0.2) is 24.2 Å². The van der Waals surface area contributed by atoms with E-state index in [0.717, 1.165) is 0 Å². The van der Waals surface area contributed by atoms with E-state index < -0.39 is 15.8 Å². The largest absolute Gasteiger partial charge is 0.449 e. The van der Waals surface area contributed by atoms with E-state index in [9.17, 15) is 8.42 Å². The Morgan fingerprint density at radius 2 is 1.95 bits per heavy atom. The SMILES string of the molecule is Cc1ncc(S(=O)(=O)Nc2ccc3c(c2)OC(C)(C)O3)[nH]1. The number of fused-ring (bicyclic) bond motifs is 1. The second-order valence-corrected chi connectivity index (χ2v) is 6.85. The van der Waals surface area contributed by atoms with Gasteiger partial charge in [0, 0.05) is 19.9 Å². The van der Waals surface area contributed by atoms with Gasteiger partial charge in [0.2, 0.25) is 5.79 Å². The molecule has 0 radical (unpaired) electrons. The summed E-state index contributed by atoms with van der Waals surface area (Å²) in [6, 6.07) is 4.87. The standard InChI is InChI=1S/C13H15N3O4S/c1-8-14-7-12(15-8)21(17,18)16-9-4-5-10-11(6-9)20-13(2,3)19-10/h4-7,16H,1-3H3,(H,14,15). The van der Waals surface area contributed by atoms with E-state index in [1.54, 1.807) is 39.0 Å². The number of sulfonamides is 1. The first-order valence-electron chi connectivity index (χ1n) is 6.32. The summed E-state index contributed by atoms with van der Waals surface area (Å²) in [5.41, 5.74) is 0.391. The van der Waals surface area contributed by atoms with Crippen molar-refractivity contribution in [1.82, 2.24) is 9.97 Å². The van der Waals surface area contributed by atoms with Crippen LogP contribution in [0.5, 0.6) is 11.5 Å². The molecule has 1 aromatic carbocycles. The third kappa shape index (κ3) is 2.66. The summed E-state index contributed by atoms with van der Waals surface area (Å²) in [6.45, 7) is 5.25. The monoisotopic (exact) mass is 309 g/mol. The molecule has 7 nitrogen and oxygen atoms in total. The Bertz CT molecular complexity index is 795. The van der Waals surface area contributed by atoms with E-state index >= 15 is 0 Å². The minimum Gasteiger partial charge on any atom is -0.449 e. The lowest BCUT2D eigenvalue weighted by Gasteiger charge is -2.16. The maximum absolute atomic E-state index is 12.2. The van der Waals surface area contributed by atoms with Crippen LogP contribution in [0.25, 0.3) is 0 Å². The van der Waals surface area contributed by atoms with E-state index in [1.807, 2.05) is 0 Å². The zero-order valence-corrected chi connectivity index (χ0v) is 12.6. The number of aromatic amines is 1. The smallest absolute Gasteiger partial charge is 0.278 e. The average Bonchev–Trinajstić information content (AvgIpc) is 2.90. The lowest BCUT2D eigenvalue weighted by atomic mass is 10.3. The minimum atomic E-state index is -3.70. The fourth-order valence-electron chi connectivity index (χ4n) is 2.03. The first-order valence-corrected chi connectivity index (χ1v) is 7.80. The number of aryl methyl sites for hydroxylation is 1. The van der Waals surface area contributed by atoms with Crippen LogP contribution in [0.1, 0.15) is 19.7 Å². The molecule has 112 valence electrons. The average molecular weight is 309 g/mol. The van der Waals surface area contributed by atoms with Crippen molar-refractivity contribution in [2.75, 3.05) is 4.72 Å². The van der Waals surface area contributed by atoms with Crippen LogP contribution in [0.15, 0.2) is 29.4 Å². The van der Waals surface area contributed by atoms with Gasteiger partial charge in [0.1, 0.15) is 5.82 Å².